The maximum Gasteiger partial charge on any atom is 0.249 e. The number of carbonyl (C=O) groups is 2. The Balaban J connectivity index is 1.61. The molecular weight excluding hydrogens is 513 g/mol. The molecule has 1 fully saturated rings. The highest BCUT2D eigenvalue weighted by Crippen LogP contribution is 2.36. The van der Waals surface area contributed by atoms with Gasteiger partial charge in [-0.3, -0.25) is 14.5 Å². The number of methoxy groups -OCH3 is 2. The molecule has 1 aliphatic rings. The van der Waals surface area contributed by atoms with Crippen molar-refractivity contribution < 1.29 is 23.5 Å². The molecule has 5 rings (SSSR count). The predicted octanol–water partition coefficient (Wildman–Crippen LogP) is 4.81. The number of rotatable bonds is 9. The van der Waals surface area contributed by atoms with Crippen LogP contribution >= 0.6 is 0 Å². The fourth-order valence-electron chi connectivity index (χ4n) is 5.27. The molecule has 0 saturated heterocycles. The normalized spacial score (nSPS) is 14.5. The average Bonchev–Trinajstić information content (AvgIpc) is 3.39. The number of nitrogens with zero attached hydrogens (tertiary/aromatic N) is 4. The third-order valence-electron chi connectivity index (χ3n) is 7.28. The van der Waals surface area contributed by atoms with Crippen molar-refractivity contribution in [2.45, 2.75) is 50.7 Å². The zero-order chi connectivity index (χ0) is 28.1. The Morgan fingerprint density at radius 2 is 1.73 bits per heavy atom. The molecule has 1 atom stereocenters. The van der Waals surface area contributed by atoms with Crippen LogP contribution in [0.15, 0.2) is 66.7 Å². The molecule has 1 saturated carbocycles. The average molecular weight is 546 g/mol. The number of carbonyl (C=O) groups excluding carboxylic acids is 2. The monoisotopic (exact) mass is 545 g/mol. The first kappa shape index (κ1) is 27.1. The van der Waals surface area contributed by atoms with E-state index in [-0.39, 0.29) is 18.2 Å². The molecule has 1 N–H and O–H groups in total. The predicted molar refractivity (Wildman–Crippen MR) is 149 cm³/mol. The van der Waals surface area contributed by atoms with Gasteiger partial charge >= 0.3 is 0 Å². The third kappa shape index (κ3) is 5.61. The summed E-state index contributed by atoms with van der Waals surface area (Å²) >= 11 is 0. The van der Waals surface area contributed by atoms with E-state index >= 15 is 4.39 Å². The van der Waals surface area contributed by atoms with Gasteiger partial charge in [-0.2, -0.15) is 0 Å². The lowest BCUT2D eigenvalue weighted by Crippen LogP contribution is -2.48. The topological polar surface area (TPSA) is 98.6 Å². The number of anilines is 1. The van der Waals surface area contributed by atoms with Crippen LogP contribution in [0, 0.1) is 5.82 Å². The second-order valence-electron chi connectivity index (χ2n) is 9.81. The highest BCUT2D eigenvalue weighted by Gasteiger charge is 2.36. The standard InChI is InChI=1S/C30H32FN5O4/c1-39-26-17-16-21(18-27(26)40-2)36(28(37)19-35-25-15-9-8-14-24(25)33-34-35)29(22-12-6-7-13-23(22)31)30(38)32-20-10-4-3-5-11-20/h6-9,12-18,20,29H,3-5,10-11,19H2,1-2H3,(H,32,38)/t29-/m1/s1. The molecule has 9 nitrogen and oxygen atoms in total. The summed E-state index contributed by atoms with van der Waals surface area (Å²) in [5, 5.41) is 11.4. The highest BCUT2D eigenvalue weighted by molar-refractivity contribution is 6.02. The Hall–Kier alpha value is -4.47. The van der Waals surface area contributed by atoms with Gasteiger partial charge in [0.25, 0.3) is 0 Å². The molecule has 208 valence electrons. The minimum atomic E-state index is -1.29. The van der Waals surface area contributed by atoms with Crippen LogP contribution in [-0.2, 0) is 16.1 Å². The van der Waals surface area contributed by atoms with Crippen molar-refractivity contribution in [3.63, 3.8) is 0 Å². The minimum Gasteiger partial charge on any atom is -0.493 e. The van der Waals surface area contributed by atoms with E-state index in [2.05, 4.69) is 15.6 Å². The summed E-state index contributed by atoms with van der Waals surface area (Å²) in [5.74, 6) is -0.701. The molecule has 10 heteroatoms. The van der Waals surface area contributed by atoms with Crippen LogP contribution in [0.25, 0.3) is 11.0 Å². The van der Waals surface area contributed by atoms with Gasteiger partial charge in [-0.05, 0) is 43.2 Å². The summed E-state index contributed by atoms with van der Waals surface area (Å²) in [6.07, 6.45) is 4.81. The first-order valence-corrected chi connectivity index (χ1v) is 13.4. The maximum atomic E-state index is 15.4. The largest absolute Gasteiger partial charge is 0.493 e. The fourth-order valence-corrected chi connectivity index (χ4v) is 5.27. The molecule has 2 amide bonds. The van der Waals surface area contributed by atoms with Crippen LogP contribution in [0.2, 0.25) is 0 Å². The highest BCUT2D eigenvalue weighted by atomic mass is 19.1. The van der Waals surface area contributed by atoms with Gasteiger partial charge in [-0.25, -0.2) is 9.07 Å². The Bertz CT molecular complexity index is 1500. The van der Waals surface area contributed by atoms with E-state index in [0.29, 0.717) is 28.2 Å². The van der Waals surface area contributed by atoms with Crippen LogP contribution in [-0.4, -0.2) is 47.1 Å². The molecule has 1 aromatic heterocycles. The van der Waals surface area contributed by atoms with Crippen LogP contribution in [0.1, 0.15) is 43.7 Å². The number of halogens is 1. The number of para-hydroxylation sites is 1. The smallest absolute Gasteiger partial charge is 0.249 e. The van der Waals surface area contributed by atoms with Crippen LogP contribution < -0.4 is 19.7 Å². The number of hydrogen-bond donors (Lipinski definition) is 1. The van der Waals surface area contributed by atoms with E-state index < -0.39 is 23.7 Å². The molecule has 1 aliphatic carbocycles. The molecule has 0 radical (unpaired) electrons. The van der Waals surface area contributed by atoms with Gasteiger partial charge < -0.3 is 14.8 Å². The Kier molecular flexibility index (Phi) is 8.23. The number of fused-ring (bicyclic) bond motifs is 1. The van der Waals surface area contributed by atoms with Gasteiger partial charge in [0.1, 0.15) is 23.9 Å². The van der Waals surface area contributed by atoms with Crippen LogP contribution in [0.4, 0.5) is 10.1 Å². The summed E-state index contributed by atoms with van der Waals surface area (Å²) in [6, 6.07) is 16.9. The van der Waals surface area contributed by atoms with Gasteiger partial charge in [-0.15, -0.1) is 5.10 Å². The molecule has 40 heavy (non-hydrogen) atoms. The molecule has 4 aromatic rings. The summed E-state index contributed by atoms with van der Waals surface area (Å²) in [7, 11) is 3.00. The van der Waals surface area contributed by atoms with E-state index in [4.69, 9.17) is 9.47 Å². The van der Waals surface area contributed by atoms with Crippen LogP contribution in [0.5, 0.6) is 11.5 Å². The van der Waals surface area contributed by atoms with Crippen molar-refractivity contribution >= 4 is 28.5 Å². The zero-order valence-corrected chi connectivity index (χ0v) is 22.5. The van der Waals surface area contributed by atoms with E-state index in [9.17, 15) is 9.59 Å². The Morgan fingerprint density at radius 3 is 2.48 bits per heavy atom. The first-order chi connectivity index (χ1) is 19.5. The lowest BCUT2D eigenvalue weighted by molar-refractivity contribution is -0.127. The van der Waals surface area contributed by atoms with Crippen LogP contribution in [0.3, 0.4) is 0 Å². The molecule has 3 aromatic carbocycles. The molecular formula is C30H32FN5O4. The van der Waals surface area contributed by atoms with Gasteiger partial charge in [0.2, 0.25) is 11.8 Å². The van der Waals surface area contributed by atoms with Gasteiger partial charge in [0, 0.05) is 23.4 Å². The number of aromatic nitrogens is 3. The molecule has 0 aliphatic heterocycles. The van der Waals surface area contributed by atoms with Crippen molar-refractivity contribution in [2.75, 3.05) is 19.1 Å². The number of ether oxygens (including phenoxy) is 2. The van der Waals surface area contributed by atoms with Gasteiger partial charge in [0.05, 0.1) is 19.7 Å². The van der Waals surface area contributed by atoms with Crippen molar-refractivity contribution in [2.24, 2.45) is 0 Å². The summed E-state index contributed by atoms with van der Waals surface area (Å²) in [6.45, 7) is -0.226. The summed E-state index contributed by atoms with van der Waals surface area (Å²) in [5.41, 5.74) is 1.73. The van der Waals surface area contributed by atoms with Gasteiger partial charge in [0.15, 0.2) is 11.5 Å². The quantitative estimate of drug-likeness (QED) is 0.324. The summed E-state index contributed by atoms with van der Waals surface area (Å²) < 4.78 is 27.7. The number of hydrogen-bond acceptors (Lipinski definition) is 6. The van der Waals surface area contributed by atoms with E-state index in [1.165, 1.54) is 35.9 Å². The van der Waals surface area contributed by atoms with Gasteiger partial charge in [-0.1, -0.05) is 54.8 Å². The SMILES string of the molecule is COc1ccc(N(C(=O)Cn2nnc3ccccc32)[C@@H](C(=O)NC2CCCCC2)c2ccccc2F)cc1OC. The molecule has 1 heterocycles. The lowest BCUT2D eigenvalue weighted by Gasteiger charge is -2.34. The second-order valence-corrected chi connectivity index (χ2v) is 9.81. The zero-order valence-electron chi connectivity index (χ0n) is 22.5. The number of amides is 2. The molecule has 0 spiro atoms. The molecule has 0 unspecified atom stereocenters. The molecule has 0 bridgehead atoms. The first-order valence-electron chi connectivity index (χ1n) is 13.4. The van der Waals surface area contributed by atoms with Crippen molar-refractivity contribution in [1.82, 2.24) is 20.3 Å². The lowest BCUT2D eigenvalue weighted by atomic mass is 9.94. The van der Waals surface area contributed by atoms with E-state index in [0.717, 1.165) is 32.1 Å². The number of nitrogens with one attached hydrogen (secondary N) is 1. The Labute approximate surface area is 231 Å². The third-order valence-corrected chi connectivity index (χ3v) is 7.28. The van der Waals surface area contributed by atoms with E-state index in [1.807, 2.05) is 18.2 Å². The van der Waals surface area contributed by atoms with E-state index in [1.54, 1.807) is 36.4 Å². The van der Waals surface area contributed by atoms with Crippen molar-refractivity contribution in [3.8, 4) is 11.5 Å². The minimum absolute atomic E-state index is 0.0443. The summed E-state index contributed by atoms with van der Waals surface area (Å²) in [4.78, 5) is 29.5. The number of benzene rings is 3. The second kappa shape index (κ2) is 12.1. The fraction of sp³-hybridized carbons (Fsp3) is 0.333. The van der Waals surface area contributed by atoms with Crippen molar-refractivity contribution in [3.05, 3.63) is 78.1 Å². The maximum absolute atomic E-state index is 15.4. The van der Waals surface area contributed by atoms with Crippen molar-refractivity contribution in [1.29, 1.82) is 0 Å². The Morgan fingerprint density at radius 1 is 1.00 bits per heavy atom.